The Morgan fingerprint density at radius 2 is 1.69 bits per heavy atom. The second-order valence-electron chi connectivity index (χ2n) is 7.75. The van der Waals surface area contributed by atoms with Gasteiger partial charge in [-0.05, 0) is 33.9 Å². The molecule has 2 aromatic rings. The third-order valence-corrected chi connectivity index (χ3v) is 5.28. The van der Waals surface area contributed by atoms with Crippen molar-refractivity contribution in [3.63, 3.8) is 0 Å². The molecular weight excluding hydrogens is 346 g/mol. The van der Waals surface area contributed by atoms with E-state index in [0.717, 1.165) is 10.4 Å². The Morgan fingerprint density at radius 1 is 1.08 bits per heavy atom. The Morgan fingerprint density at radius 3 is 2.19 bits per heavy atom. The maximum Gasteiger partial charge on any atom is 0.303 e. The highest BCUT2D eigenvalue weighted by Crippen LogP contribution is 2.29. The van der Waals surface area contributed by atoms with E-state index in [1.165, 1.54) is 5.56 Å². The van der Waals surface area contributed by atoms with E-state index >= 15 is 0 Å². The number of carbonyl (C=O) groups is 2. The van der Waals surface area contributed by atoms with Crippen LogP contribution in [0.1, 0.15) is 68.5 Å². The van der Waals surface area contributed by atoms with E-state index in [4.69, 9.17) is 5.11 Å². The summed E-state index contributed by atoms with van der Waals surface area (Å²) in [5, 5.41) is 14.1. The van der Waals surface area contributed by atoms with Crippen LogP contribution in [0.5, 0.6) is 0 Å². The number of carboxylic acids is 1. The number of amides is 1. The van der Waals surface area contributed by atoms with Crippen molar-refractivity contribution in [1.82, 2.24) is 5.32 Å². The molecule has 0 aliphatic heterocycles. The molecule has 1 aromatic carbocycles. The number of carbonyl (C=O) groups excluding carboxylic acids is 1. The SMILES string of the molecule is CC(C)c1ccc([C@@H](NC(=O)CC(C)(C)CC(=O)O)c2cccs2)cc1. The average molecular weight is 374 g/mol. The molecule has 140 valence electrons. The fourth-order valence-corrected chi connectivity index (χ4v) is 3.77. The first-order valence-electron chi connectivity index (χ1n) is 8.82. The molecule has 5 heteroatoms. The zero-order chi connectivity index (χ0) is 19.3. The Kier molecular flexibility index (Phi) is 6.59. The van der Waals surface area contributed by atoms with E-state index in [0.29, 0.717) is 5.92 Å². The molecule has 0 aliphatic rings. The van der Waals surface area contributed by atoms with E-state index in [1.54, 1.807) is 25.2 Å². The molecule has 2 N–H and O–H groups in total. The lowest BCUT2D eigenvalue weighted by molar-refractivity contribution is -0.139. The quantitative estimate of drug-likeness (QED) is 0.687. The first-order chi connectivity index (χ1) is 12.2. The van der Waals surface area contributed by atoms with Crippen LogP contribution in [-0.2, 0) is 9.59 Å². The van der Waals surface area contributed by atoms with Gasteiger partial charge >= 0.3 is 5.97 Å². The van der Waals surface area contributed by atoms with Gasteiger partial charge in [-0.15, -0.1) is 11.3 Å². The minimum atomic E-state index is -0.887. The number of rotatable bonds is 8. The van der Waals surface area contributed by atoms with Crippen LogP contribution in [0.4, 0.5) is 0 Å². The van der Waals surface area contributed by atoms with Crippen molar-refractivity contribution in [3.8, 4) is 0 Å². The molecule has 0 aliphatic carbocycles. The molecule has 26 heavy (non-hydrogen) atoms. The molecule has 1 aromatic heterocycles. The van der Waals surface area contributed by atoms with Crippen LogP contribution in [0.3, 0.4) is 0 Å². The van der Waals surface area contributed by atoms with Crippen molar-refractivity contribution in [2.45, 2.75) is 52.5 Å². The van der Waals surface area contributed by atoms with Crippen molar-refractivity contribution in [3.05, 3.63) is 57.8 Å². The average Bonchev–Trinajstić information content (AvgIpc) is 3.05. The summed E-state index contributed by atoms with van der Waals surface area (Å²) in [4.78, 5) is 24.6. The summed E-state index contributed by atoms with van der Waals surface area (Å²) >= 11 is 1.60. The number of thiophene rings is 1. The second kappa shape index (κ2) is 8.49. The van der Waals surface area contributed by atoms with Crippen LogP contribution in [0, 0.1) is 5.41 Å². The molecule has 0 radical (unpaired) electrons. The topological polar surface area (TPSA) is 66.4 Å². The Labute approximate surface area is 159 Å². The first-order valence-corrected chi connectivity index (χ1v) is 9.70. The van der Waals surface area contributed by atoms with Crippen LogP contribution < -0.4 is 5.32 Å². The Balaban J connectivity index is 2.18. The summed E-state index contributed by atoms with van der Waals surface area (Å²) in [6, 6.07) is 12.1. The van der Waals surface area contributed by atoms with Gasteiger partial charge in [0.15, 0.2) is 0 Å². The number of nitrogens with one attached hydrogen (secondary N) is 1. The molecule has 0 saturated heterocycles. The predicted molar refractivity (Wildman–Crippen MR) is 105 cm³/mol. The normalized spacial score (nSPS) is 12.8. The highest BCUT2D eigenvalue weighted by molar-refractivity contribution is 7.10. The smallest absolute Gasteiger partial charge is 0.303 e. The molecule has 0 bridgehead atoms. The number of benzene rings is 1. The molecule has 0 spiro atoms. The maximum absolute atomic E-state index is 12.6. The van der Waals surface area contributed by atoms with E-state index in [1.807, 2.05) is 17.5 Å². The molecule has 1 atom stereocenters. The van der Waals surface area contributed by atoms with Crippen LogP contribution in [-0.4, -0.2) is 17.0 Å². The number of hydrogen-bond donors (Lipinski definition) is 2. The molecule has 0 unspecified atom stereocenters. The van der Waals surface area contributed by atoms with Gasteiger partial charge in [0.05, 0.1) is 12.5 Å². The third kappa shape index (κ3) is 5.70. The summed E-state index contributed by atoms with van der Waals surface area (Å²) < 4.78 is 0. The van der Waals surface area contributed by atoms with E-state index in [-0.39, 0.29) is 24.8 Å². The van der Waals surface area contributed by atoms with Gasteiger partial charge in [0, 0.05) is 11.3 Å². The Bertz CT molecular complexity index is 733. The van der Waals surface area contributed by atoms with Gasteiger partial charge in [0.2, 0.25) is 5.91 Å². The van der Waals surface area contributed by atoms with Gasteiger partial charge in [0.25, 0.3) is 0 Å². The van der Waals surface area contributed by atoms with Gasteiger partial charge in [-0.1, -0.05) is 58.0 Å². The molecule has 4 nitrogen and oxygen atoms in total. The van der Waals surface area contributed by atoms with E-state index in [9.17, 15) is 9.59 Å². The second-order valence-corrected chi connectivity index (χ2v) is 8.73. The highest BCUT2D eigenvalue weighted by Gasteiger charge is 2.27. The van der Waals surface area contributed by atoms with Gasteiger partial charge in [-0.25, -0.2) is 0 Å². The minimum Gasteiger partial charge on any atom is -0.481 e. The van der Waals surface area contributed by atoms with Gasteiger partial charge in [-0.2, -0.15) is 0 Å². The zero-order valence-electron chi connectivity index (χ0n) is 15.8. The first kappa shape index (κ1) is 20.2. The maximum atomic E-state index is 12.6. The van der Waals surface area contributed by atoms with Crippen molar-refractivity contribution < 1.29 is 14.7 Å². The lowest BCUT2D eigenvalue weighted by Gasteiger charge is -2.24. The lowest BCUT2D eigenvalue weighted by atomic mass is 9.85. The zero-order valence-corrected chi connectivity index (χ0v) is 16.6. The number of carboxylic acid groups (broad SMARTS) is 1. The van der Waals surface area contributed by atoms with Crippen LogP contribution in [0.25, 0.3) is 0 Å². The van der Waals surface area contributed by atoms with Gasteiger partial charge in [0.1, 0.15) is 0 Å². The fraction of sp³-hybridized carbons (Fsp3) is 0.429. The predicted octanol–water partition coefficient (Wildman–Crippen LogP) is 4.97. The van der Waals surface area contributed by atoms with Crippen molar-refractivity contribution in [2.24, 2.45) is 5.41 Å². The molecule has 0 saturated carbocycles. The largest absolute Gasteiger partial charge is 0.481 e. The van der Waals surface area contributed by atoms with Crippen LogP contribution in [0.2, 0.25) is 0 Å². The van der Waals surface area contributed by atoms with E-state index < -0.39 is 11.4 Å². The molecule has 2 rings (SSSR count). The van der Waals surface area contributed by atoms with Crippen molar-refractivity contribution >= 4 is 23.2 Å². The van der Waals surface area contributed by atoms with Crippen LogP contribution in [0.15, 0.2) is 41.8 Å². The summed E-state index contributed by atoms with van der Waals surface area (Å²) in [5.74, 6) is -0.569. The van der Waals surface area contributed by atoms with Gasteiger partial charge < -0.3 is 10.4 Å². The molecule has 0 fully saturated rings. The van der Waals surface area contributed by atoms with Crippen LogP contribution >= 0.6 is 11.3 Å². The minimum absolute atomic E-state index is 0.0345. The van der Waals surface area contributed by atoms with Gasteiger partial charge in [-0.3, -0.25) is 9.59 Å². The summed E-state index contributed by atoms with van der Waals surface area (Å²) in [7, 11) is 0. The molecule has 1 heterocycles. The summed E-state index contributed by atoms with van der Waals surface area (Å²) in [5.41, 5.74) is 1.70. The molecular formula is C21H27NO3S. The molecule has 1 amide bonds. The fourth-order valence-electron chi connectivity index (χ4n) is 2.97. The number of aliphatic carboxylic acids is 1. The third-order valence-electron chi connectivity index (χ3n) is 4.34. The van der Waals surface area contributed by atoms with Crippen molar-refractivity contribution in [2.75, 3.05) is 0 Å². The standard InChI is InChI=1S/C21H27NO3S/c1-14(2)15-7-9-16(10-8-15)20(17-6-5-11-26-17)22-18(23)12-21(3,4)13-19(24)25/h5-11,14,20H,12-13H2,1-4H3,(H,22,23)(H,24,25)/t20-/m1/s1. The summed E-state index contributed by atoms with van der Waals surface area (Å²) in [6.07, 6.45) is 0.137. The Hall–Kier alpha value is -2.14. The number of hydrogen-bond acceptors (Lipinski definition) is 3. The highest BCUT2D eigenvalue weighted by atomic mass is 32.1. The lowest BCUT2D eigenvalue weighted by Crippen LogP contribution is -2.33. The van der Waals surface area contributed by atoms with Crippen molar-refractivity contribution in [1.29, 1.82) is 0 Å². The van der Waals surface area contributed by atoms with E-state index in [2.05, 4.69) is 43.4 Å². The monoisotopic (exact) mass is 373 g/mol. The summed E-state index contributed by atoms with van der Waals surface area (Å²) in [6.45, 7) is 7.91.